The molecule has 0 radical (unpaired) electrons. The number of amides is 1. The molecule has 0 saturated heterocycles. The van der Waals surface area contributed by atoms with Crippen LogP contribution < -0.4 is 10.1 Å². The number of aromatic nitrogens is 2. The highest BCUT2D eigenvalue weighted by atomic mass is 16.6. The number of rotatable bonds is 5. The minimum absolute atomic E-state index is 0.0639. The molecule has 0 aliphatic carbocycles. The van der Waals surface area contributed by atoms with Gasteiger partial charge in [0.15, 0.2) is 0 Å². The Morgan fingerprint density at radius 3 is 2.65 bits per heavy atom. The Balaban J connectivity index is 2.19. The van der Waals surface area contributed by atoms with Crippen molar-refractivity contribution in [2.45, 2.75) is 27.3 Å². The largest absolute Gasteiger partial charge is 0.495 e. The molecule has 0 unspecified atom stereocenters. The minimum Gasteiger partial charge on any atom is -0.495 e. The molecule has 23 heavy (non-hydrogen) atoms. The van der Waals surface area contributed by atoms with Gasteiger partial charge in [-0.3, -0.25) is 19.6 Å². The standard InChI is InChI=1S/C15H18N4O4/c1-9-5-6-13(23-4)12(7-9)16-14(20)8-18-11(3)15(19(21)22)10(2)17-18/h5-7H,8H2,1-4H3,(H,16,20). The van der Waals surface area contributed by atoms with Crippen LogP contribution in [0.1, 0.15) is 17.0 Å². The number of carbonyl (C=O) groups excluding carboxylic acids is 1. The van der Waals surface area contributed by atoms with Gasteiger partial charge in [-0.15, -0.1) is 0 Å². The Bertz CT molecular complexity index is 767. The summed E-state index contributed by atoms with van der Waals surface area (Å²) in [5, 5.41) is 17.8. The first-order chi connectivity index (χ1) is 10.8. The molecule has 122 valence electrons. The molecule has 0 bridgehead atoms. The smallest absolute Gasteiger partial charge is 0.312 e. The first kappa shape index (κ1) is 16.5. The molecule has 8 nitrogen and oxygen atoms in total. The monoisotopic (exact) mass is 318 g/mol. The minimum atomic E-state index is -0.490. The summed E-state index contributed by atoms with van der Waals surface area (Å²) in [6.45, 7) is 4.90. The van der Waals surface area contributed by atoms with Crippen LogP contribution in [0.4, 0.5) is 11.4 Å². The van der Waals surface area contributed by atoms with Crippen molar-refractivity contribution >= 4 is 17.3 Å². The van der Waals surface area contributed by atoms with Crippen molar-refractivity contribution in [3.05, 3.63) is 45.3 Å². The molecular formula is C15H18N4O4. The van der Waals surface area contributed by atoms with E-state index >= 15 is 0 Å². The number of aryl methyl sites for hydroxylation is 2. The van der Waals surface area contributed by atoms with Crippen LogP contribution in [0.5, 0.6) is 5.75 Å². The highest BCUT2D eigenvalue weighted by Crippen LogP contribution is 2.26. The van der Waals surface area contributed by atoms with E-state index < -0.39 is 4.92 Å². The van der Waals surface area contributed by atoms with Crippen LogP contribution in [-0.2, 0) is 11.3 Å². The molecule has 0 saturated carbocycles. The number of hydrogen-bond acceptors (Lipinski definition) is 5. The van der Waals surface area contributed by atoms with Gasteiger partial charge in [0.25, 0.3) is 0 Å². The SMILES string of the molecule is COc1ccc(C)cc1NC(=O)Cn1nc(C)c([N+](=O)[O-])c1C. The number of nitro groups is 1. The first-order valence-electron chi connectivity index (χ1n) is 6.96. The van der Waals surface area contributed by atoms with Crippen LogP contribution in [0.3, 0.4) is 0 Å². The van der Waals surface area contributed by atoms with Gasteiger partial charge in [0.2, 0.25) is 5.91 Å². The second kappa shape index (κ2) is 6.47. The summed E-state index contributed by atoms with van der Waals surface area (Å²) >= 11 is 0. The predicted molar refractivity (Wildman–Crippen MR) is 84.7 cm³/mol. The van der Waals surface area contributed by atoms with E-state index in [2.05, 4.69) is 10.4 Å². The zero-order valence-electron chi connectivity index (χ0n) is 13.4. The van der Waals surface area contributed by atoms with Crippen molar-refractivity contribution in [3.63, 3.8) is 0 Å². The molecular weight excluding hydrogens is 300 g/mol. The van der Waals surface area contributed by atoms with Crippen molar-refractivity contribution in [2.75, 3.05) is 12.4 Å². The van der Waals surface area contributed by atoms with Gasteiger partial charge in [0.1, 0.15) is 23.7 Å². The maximum atomic E-state index is 12.2. The lowest BCUT2D eigenvalue weighted by atomic mass is 10.2. The van der Waals surface area contributed by atoms with Crippen molar-refractivity contribution in [1.29, 1.82) is 0 Å². The van der Waals surface area contributed by atoms with Crippen molar-refractivity contribution in [1.82, 2.24) is 9.78 Å². The van der Waals surface area contributed by atoms with Gasteiger partial charge in [0, 0.05) is 0 Å². The number of nitrogens with one attached hydrogen (secondary N) is 1. The predicted octanol–water partition coefficient (Wildman–Crippen LogP) is 2.36. The molecule has 1 aromatic carbocycles. The number of hydrogen-bond donors (Lipinski definition) is 1. The van der Waals surface area contributed by atoms with E-state index in [1.54, 1.807) is 26.0 Å². The second-order valence-electron chi connectivity index (χ2n) is 5.19. The molecule has 1 amide bonds. The van der Waals surface area contributed by atoms with Gasteiger partial charge in [0.05, 0.1) is 17.7 Å². The van der Waals surface area contributed by atoms with E-state index in [0.717, 1.165) is 5.56 Å². The fraction of sp³-hybridized carbons (Fsp3) is 0.333. The number of ether oxygens (including phenoxy) is 1. The first-order valence-corrected chi connectivity index (χ1v) is 6.96. The third-order valence-electron chi connectivity index (χ3n) is 3.45. The van der Waals surface area contributed by atoms with Crippen LogP contribution in [0.25, 0.3) is 0 Å². The summed E-state index contributed by atoms with van der Waals surface area (Å²) in [6, 6.07) is 5.43. The van der Waals surface area contributed by atoms with Crippen molar-refractivity contribution in [3.8, 4) is 5.75 Å². The molecule has 1 heterocycles. The Morgan fingerprint density at radius 2 is 2.09 bits per heavy atom. The summed E-state index contributed by atoms with van der Waals surface area (Å²) in [6.07, 6.45) is 0. The summed E-state index contributed by atoms with van der Waals surface area (Å²) < 4.78 is 6.53. The molecule has 0 aliphatic heterocycles. The average molecular weight is 318 g/mol. The molecule has 0 fully saturated rings. The fourth-order valence-corrected chi connectivity index (χ4v) is 2.35. The Morgan fingerprint density at radius 1 is 1.39 bits per heavy atom. The average Bonchev–Trinajstić information content (AvgIpc) is 2.73. The van der Waals surface area contributed by atoms with Crippen LogP contribution in [-0.4, -0.2) is 27.7 Å². The topological polar surface area (TPSA) is 99.3 Å². The molecule has 0 aliphatic rings. The second-order valence-corrected chi connectivity index (χ2v) is 5.19. The Hall–Kier alpha value is -2.90. The Labute approximate surface area is 133 Å². The summed E-state index contributed by atoms with van der Waals surface area (Å²) in [5.41, 5.74) is 2.09. The molecule has 2 rings (SSSR count). The summed E-state index contributed by atoms with van der Waals surface area (Å²) in [4.78, 5) is 22.7. The maximum absolute atomic E-state index is 12.2. The molecule has 1 N–H and O–H groups in total. The summed E-state index contributed by atoms with van der Waals surface area (Å²) in [5.74, 6) is 0.206. The lowest BCUT2D eigenvalue weighted by Gasteiger charge is -2.11. The number of benzene rings is 1. The zero-order chi connectivity index (χ0) is 17.1. The molecule has 8 heteroatoms. The molecule has 0 atom stereocenters. The quantitative estimate of drug-likeness (QED) is 0.674. The third kappa shape index (κ3) is 3.47. The van der Waals surface area contributed by atoms with Crippen LogP contribution in [0.2, 0.25) is 0 Å². The highest BCUT2D eigenvalue weighted by Gasteiger charge is 2.22. The van der Waals surface area contributed by atoms with E-state index in [0.29, 0.717) is 17.1 Å². The Kier molecular flexibility index (Phi) is 4.63. The summed E-state index contributed by atoms with van der Waals surface area (Å²) in [7, 11) is 1.52. The van der Waals surface area contributed by atoms with E-state index in [9.17, 15) is 14.9 Å². The third-order valence-corrected chi connectivity index (χ3v) is 3.45. The number of methoxy groups -OCH3 is 1. The number of anilines is 1. The molecule has 0 spiro atoms. The van der Waals surface area contributed by atoms with E-state index in [1.165, 1.54) is 11.8 Å². The van der Waals surface area contributed by atoms with Crippen molar-refractivity contribution < 1.29 is 14.5 Å². The fourth-order valence-electron chi connectivity index (χ4n) is 2.35. The van der Waals surface area contributed by atoms with E-state index in [-0.39, 0.29) is 23.8 Å². The lowest BCUT2D eigenvalue weighted by molar-refractivity contribution is -0.386. The number of nitrogens with zero attached hydrogens (tertiary/aromatic N) is 3. The normalized spacial score (nSPS) is 10.4. The van der Waals surface area contributed by atoms with Crippen LogP contribution in [0.15, 0.2) is 18.2 Å². The number of carbonyl (C=O) groups is 1. The van der Waals surface area contributed by atoms with Crippen LogP contribution in [0, 0.1) is 30.9 Å². The maximum Gasteiger partial charge on any atom is 0.312 e. The van der Waals surface area contributed by atoms with Crippen molar-refractivity contribution in [2.24, 2.45) is 0 Å². The lowest BCUT2D eigenvalue weighted by Crippen LogP contribution is -2.20. The van der Waals surface area contributed by atoms with Gasteiger partial charge < -0.3 is 10.1 Å². The van der Waals surface area contributed by atoms with E-state index in [1.807, 2.05) is 13.0 Å². The van der Waals surface area contributed by atoms with Gasteiger partial charge in [-0.1, -0.05) is 6.07 Å². The van der Waals surface area contributed by atoms with Gasteiger partial charge in [-0.25, -0.2) is 0 Å². The highest BCUT2D eigenvalue weighted by molar-refractivity contribution is 5.92. The van der Waals surface area contributed by atoms with E-state index in [4.69, 9.17) is 4.74 Å². The van der Waals surface area contributed by atoms with Crippen LogP contribution >= 0.6 is 0 Å². The molecule has 1 aromatic heterocycles. The van der Waals surface area contributed by atoms with Gasteiger partial charge in [-0.2, -0.15) is 5.10 Å². The zero-order valence-corrected chi connectivity index (χ0v) is 13.4. The molecule has 2 aromatic rings. The van der Waals surface area contributed by atoms with Gasteiger partial charge in [-0.05, 0) is 38.5 Å². The van der Waals surface area contributed by atoms with Gasteiger partial charge >= 0.3 is 5.69 Å².